The van der Waals surface area contributed by atoms with Gasteiger partial charge < -0.3 is 9.88 Å². The molecule has 3 aromatic rings. The number of para-hydroxylation sites is 1. The molecular formula is C26H28ClN3O. The monoisotopic (exact) mass is 433 g/mol. The summed E-state index contributed by atoms with van der Waals surface area (Å²) in [7, 11) is 0. The molecule has 160 valence electrons. The molecule has 1 N–H and O–H groups in total. The van der Waals surface area contributed by atoms with Crippen molar-refractivity contribution >= 4 is 34.1 Å². The van der Waals surface area contributed by atoms with Crippen molar-refractivity contribution in [3.05, 3.63) is 77.1 Å². The summed E-state index contributed by atoms with van der Waals surface area (Å²) in [6.07, 6.45) is 10.8. The molecule has 0 aliphatic carbocycles. The zero-order chi connectivity index (χ0) is 21.2. The quantitative estimate of drug-likeness (QED) is 0.545. The van der Waals surface area contributed by atoms with Crippen molar-refractivity contribution in [2.75, 3.05) is 24.5 Å². The van der Waals surface area contributed by atoms with Crippen LogP contribution in [0, 0.1) is 0 Å². The molecule has 1 fully saturated rings. The Morgan fingerprint density at radius 2 is 1.97 bits per heavy atom. The van der Waals surface area contributed by atoms with Gasteiger partial charge >= 0.3 is 0 Å². The molecule has 5 heteroatoms. The Hall–Kier alpha value is -2.56. The zero-order valence-electron chi connectivity index (χ0n) is 17.7. The predicted molar refractivity (Wildman–Crippen MR) is 128 cm³/mol. The number of piperidine rings is 1. The number of benzene rings is 2. The van der Waals surface area contributed by atoms with Gasteiger partial charge in [0.2, 0.25) is 5.91 Å². The van der Waals surface area contributed by atoms with Crippen molar-refractivity contribution in [3.63, 3.8) is 0 Å². The maximum Gasteiger partial charge on any atom is 0.231 e. The molecule has 0 radical (unpaired) electrons. The van der Waals surface area contributed by atoms with Gasteiger partial charge in [0.05, 0.1) is 5.69 Å². The molecule has 0 atom stereocenters. The summed E-state index contributed by atoms with van der Waals surface area (Å²) >= 11 is 6.22. The molecule has 1 amide bonds. The van der Waals surface area contributed by atoms with Crippen molar-refractivity contribution in [2.45, 2.75) is 38.0 Å². The summed E-state index contributed by atoms with van der Waals surface area (Å²) < 4.78 is 0. The Morgan fingerprint density at radius 1 is 1.13 bits per heavy atom. The van der Waals surface area contributed by atoms with E-state index in [4.69, 9.17) is 11.6 Å². The number of nitrogens with one attached hydrogen (secondary N) is 1. The minimum Gasteiger partial charge on any atom is -0.361 e. The van der Waals surface area contributed by atoms with Crippen molar-refractivity contribution in [1.29, 1.82) is 0 Å². The first kappa shape index (κ1) is 20.3. The van der Waals surface area contributed by atoms with E-state index in [1.54, 1.807) is 0 Å². The summed E-state index contributed by atoms with van der Waals surface area (Å²) in [6.45, 7) is 3.15. The van der Waals surface area contributed by atoms with E-state index >= 15 is 0 Å². The number of amides is 1. The molecule has 4 nitrogen and oxygen atoms in total. The number of fused-ring (bicyclic) bond motifs is 2. The Kier molecular flexibility index (Phi) is 5.84. The van der Waals surface area contributed by atoms with Crippen LogP contribution in [0.3, 0.4) is 0 Å². The van der Waals surface area contributed by atoms with Crippen molar-refractivity contribution in [3.8, 4) is 0 Å². The van der Waals surface area contributed by atoms with Gasteiger partial charge in [0.1, 0.15) is 0 Å². The zero-order valence-corrected chi connectivity index (χ0v) is 18.4. The first-order valence-electron chi connectivity index (χ1n) is 11.2. The van der Waals surface area contributed by atoms with Gasteiger partial charge in [-0.15, -0.1) is 0 Å². The first-order valence-corrected chi connectivity index (χ1v) is 11.6. The number of aromatic amines is 1. The molecule has 31 heavy (non-hydrogen) atoms. The Morgan fingerprint density at radius 3 is 2.84 bits per heavy atom. The van der Waals surface area contributed by atoms with Crippen LogP contribution in [0.4, 0.5) is 5.69 Å². The van der Waals surface area contributed by atoms with Crippen LogP contribution in [0.15, 0.2) is 60.9 Å². The second kappa shape index (κ2) is 8.89. The number of hydrogen-bond acceptors (Lipinski definition) is 2. The smallest absolute Gasteiger partial charge is 0.231 e. The van der Waals surface area contributed by atoms with E-state index in [1.807, 2.05) is 35.4 Å². The van der Waals surface area contributed by atoms with Gasteiger partial charge in [-0.2, -0.15) is 0 Å². The van der Waals surface area contributed by atoms with Crippen LogP contribution in [-0.4, -0.2) is 35.4 Å². The molecule has 2 aromatic carbocycles. The normalized spacial score (nSPS) is 17.3. The van der Waals surface area contributed by atoms with Gasteiger partial charge in [-0.1, -0.05) is 35.9 Å². The highest BCUT2D eigenvalue weighted by atomic mass is 35.5. The summed E-state index contributed by atoms with van der Waals surface area (Å²) in [5.41, 5.74) is 4.81. The van der Waals surface area contributed by atoms with Gasteiger partial charge in [-0.25, -0.2) is 0 Å². The maximum atomic E-state index is 12.8. The highest BCUT2D eigenvalue weighted by Crippen LogP contribution is 2.34. The Labute approximate surface area is 188 Å². The van der Waals surface area contributed by atoms with Crippen LogP contribution in [-0.2, 0) is 11.2 Å². The minimum absolute atomic E-state index is 0.189. The second-order valence-corrected chi connectivity index (χ2v) is 9.07. The van der Waals surface area contributed by atoms with E-state index in [-0.39, 0.29) is 5.91 Å². The molecule has 3 heterocycles. The summed E-state index contributed by atoms with van der Waals surface area (Å²) in [5, 5.41) is 2.05. The number of rotatable bonds is 5. The topological polar surface area (TPSA) is 39.3 Å². The van der Waals surface area contributed by atoms with E-state index in [0.717, 1.165) is 61.5 Å². The SMILES string of the molecule is O=C(CCCN1CCC(c2c[nH]c3ccc(Cl)cc23)CC1)N1C=CCc2ccccc21. The molecule has 0 unspecified atom stereocenters. The number of anilines is 1. The minimum atomic E-state index is 0.189. The number of hydrogen-bond donors (Lipinski definition) is 1. The largest absolute Gasteiger partial charge is 0.361 e. The third kappa shape index (κ3) is 4.28. The Bertz CT molecular complexity index is 1110. The lowest BCUT2D eigenvalue weighted by Crippen LogP contribution is -2.34. The third-order valence-corrected chi connectivity index (χ3v) is 6.92. The van der Waals surface area contributed by atoms with Crippen molar-refractivity contribution < 1.29 is 4.79 Å². The molecule has 0 spiro atoms. The van der Waals surface area contributed by atoms with Crippen LogP contribution in [0.2, 0.25) is 5.02 Å². The predicted octanol–water partition coefficient (Wildman–Crippen LogP) is 5.88. The molecule has 1 aromatic heterocycles. The molecule has 2 aliphatic rings. The molecule has 2 aliphatic heterocycles. The summed E-state index contributed by atoms with van der Waals surface area (Å²) in [5.74, 6) is 0.758. The van der Waals surface area contributed by atoms with Crippen molar-refractivity contribution in [2.24, 2.45) is 0 Å². The molecule has 1 saturated heterocycles. The van der Waals surface area contributed by atoms with Gasteiger partial charge in [-0.3, -0.25) is 9.69 Å². The number of carbonyl (C=O) groups excluding carboxylic acids is 1. The van der Waals surface area contributed by atoms with Gasteiger partial charge in [0.25, 0.3) is 0 Å². The number of H-pyrrole nitrogens is 1. The van der Waals surface area contributed by atoms with Gasteiger partial charge in [-0.05, 0) is 86.6 Å². The fourth-order valence-corrected chi connectivity index (χ4v) is 5.17. The number of halogens is 1. The maximum absolute atomic E-state index is 12.8. The highest BCUT2D eigenvalue weighted by Gasteiger charge is 2.23. The van der Waals surface area contributed by atoms with E-state index in [9.17, 15) is 4.79 Å². The second-order valence-electron chi connectivity index (χ2n) is 8.63. The average Bonchev–Trinajstić information content (AvgIpc) is 3.22. The van der Waals surface area contributed by atoms with Gasteiger partial charge in [0, 0.05) is 34.7 Å². The van der Waals surface area contributed by atoms with E-state index in [0.29, 0.717) is 12.3 Å². The number of carbonyl (C=O) groups is 1. The summed E-state index contributed by atoms with van der Waals surface area (Å²) in [4.78, 5) is 20.5. The van der Waals surface area contributed by atoms with E-state index < -0.39 is 0 Å². The van der Waals surface area contributed by atoms with E-state index in [1.165, 1.54) is 16.5 Å². The fraction of sp³-hybridized carbons (Fsp3) is 0.346. The molecule has 0 bridgehead atoms. The lowest BCUT2D eigenvalue weighted by molar-refractivity contribution is -0.118. The lowest BCUT2D eigenvalue weighted by Gasteiger charge is -2.32. The Balaban J connectivity index is 1.12. The third-order valence-electron chi connectivity index (χ3n) is 6.68. The molecule has 0 saturated carbocycles. The van der Waals surface area contributed by atoms with Crippen molar-refractivity contribution in [1.82, 2.24) is 9.88 Å². The van der Waals surface area contributed by atoms with Crippen LogP contribution >= 0.6 is 11.6 Å². The standard InChI is InChI=1S/C26H28ClN3O/c27-21-9-10-24-22(17-21)23(18-28-24)19-11-15-29(16-12-19)13-4-8-26(31)30-14-3-6-20-5-1-2-7-25(20)30/h1-3,5,7,9-10,14,17-19,28H,4,6,8,11-13,15-16H2. The average molecular weight is 434 g/mol. The van der Waals surface area contributed by atoms with Gasteiger partial charge in [0.15, 0.2) is 0 Å². The number of aromatic nitrogens is 1. The molecular weight excluding hydrogens is 406 g/mol. The number of allylic oxidation sites excluding steroid dienone is 1. The molecule has 5 rings (SSSR count). The fourth-order valence-electron chi connectivity index (χ4n) is 5.00. The van der Waals surface area contributed by atoms with Crippen LogP contribution in [0.5, 0.6) is 0 Å². The van der Waals surface area contributed by atoms with E-state index in [2.05, 4.69) is 40.4 Å². The number of nitrogens with zero attached hydrogens (tertiary/aromatic N) is 2. The number of likely N-dealkylation sites (tertiary alicyclic amines) is 1. The lowest BCUT2D eigenvalue weighted by atomic mass is 9.89. The van der Waals surface area contributed by atoms with Crippen LogP contribution in [0.1, 0.15) is 42.7 Å². The highest BCUT2D eigenvalue weighted by molar-refractivity contribution is 6.31. The van der Waals surface area contributed by atoms with Crippen LogP contribution < -0.4 is 4.90 Å². The summed E-state index contributed by atoms with van der Waals surface area (Å²) in [6, 6.07) is 14.3. The first-order chi connectivity index (χ1) is 15.2. The van der Waals surface area contributed by atoms with Crippen LogP contribution in [0.25, 0.3) is 10.9 Å².